The Morgan fingerprint density at radius 1 is 0.950 bits per heavy atom. The summed E-state index contributed by atoms with van der Waals surface area (Å²) in [5, 5.41) is 13.3. The zero-order valence-corrected chi connectivity index (χ0v) is 12.5. The Morgan fingerprint density at radius 2 is 1.60 bits per heavy atom. The highest BCUT2D eigenvalue weighted by molar-refractivity contribution is 5.88. The second kappa shape index (κ2) is 5.57. The van der Waals surface area contributed by atoms with Crippen LogP contribution in [0.1, 0.15) is 49.8 Å². The summed E-state index contributed by atoms with van der Waals surface area (Å²) in [7, 11) is 0. The molecule has 0 saturated heterocycles. The molecule has 106 valence electrons. The van der Waals surface area contributed by atoms with Crippen LogP contribution in [0.5, 0.6) is 0 Å². The fourth-order valence-electron chi connectivity index (χ4n) is 3.59. The molecule has 0 heterocycles. The van der Waals surface area contributed by atoms with Gasteiger partial charge >= 0.3 is 0 Å². The quantitative estimate of drug-likeness (QED) is 0.812. The van der Waals surface area contributed by atoms with Crippen LogP contribution in [-0.4, -0.2) is 5.11 Å². The van der Waals surface area contributed by atoms with Crippen molar-refractivity contribution in [3.05, 3.63) is 47.5 Å². The van der Waals surface area contributed by atoms with E-state index in [2.05, 4.69) is 50.2 Å². The lowest BCUT2D eigenvalue weighted by Crippen LogP contribution is -2.19. The monoisotopic (exact) mass is 268 g/mol. The predicted octanol–water partition coefficient (Wildman–Crippen LogP) is 5.01. The van der Waals surface area contributed by atoms with Gasteiger partial charge in [-0.25, -0.2) is 0 Å². The molecule has 1 heteroatoms. The van der Waals surface area contributed by atoms with Gasteiger partial charge in [-0.05, 0) is 53.5 Å². The number of aryl methyl sites for hydroxylation is 1. The van der Waals surface area contributed by atoms with E-state index in [1.807, 2.05) is 0 Å². The minimum atomic E-state index is -0.312. The van der Waals surface area contributed by atoms with E-state index < -0.39 is 0 Å². The van der Waals surface area contributed by atoms with Gasteiger partial charge in [0, 0.05) is 0 Å². The predicted molar refractivity (Wildman–Crippen MR) is 84.8 cm³/mol. The maximum Gasteiger partial charge on any atom is 0.0824 e. The van der Waals surface area contributed by atoms with Gasteiger partial charge in [0.2, 0.25) is 0 Å². The molecule has 1 N–H and O–H groups in total. The largest absolute Gasteiger partial charge is 0.388 e. The first-order chi connectivity index (χ1) is 9.66. The lowest BCUT2D eigenvalue weighted by molar-refractivity contribution is 0.0767. The van der Waals surface area contributed by atoms with Crippen LogP contribution in [0.4, 0.5) is 0 Å². The van der Waals surface area contributed by atoms with Crippen LogP contribution in [0, 0.1) is 18.8 Å². The molecule has 0 spiro atoms. The Hall–Kier alpha value is -1.34. The number of rotatable bonds is 2. The van der Waals surface area contributed by atoms with Gasteiger partial charge in [0.25, 0.3) is 0 Å². The maximum absolute atomic E-state index is 10.8. The summed E-state index contributed by atoms with van der Waals surface area (Å²) in [5.74, 6) is 1.26. The van der Waals surface area contributed by atoms with E-state index in [4.69, 9.17) is 0 Å². The standard InChI is InChI=1S/C19H24O/c1-13-7-10-15(11-8-13)19(20)18-12-9-14(2)16-5-3-4-6-17(16)18/h3-6,9,12-13,15,19-20H,7-8,10-11H2,1-2H3. The normalized spacial score (nSPS) is 24.8. The highest BCUT2D eigenvalue weighted by Gasteiger charge is 2.26. The molecule has 1 unspecified atom stereocenters. The van der Waals surface area contributed by atoms with Gasteiger partial charge in [-0.1, -0.05) is 56.2 Å². The van der Waals surface area contributed by atoms with Crippen molar-refractivity contribution >= 4 is 10.8 Å². The number of aliphatic hydroxyl groups excluding tert-OH is 1. The van der Waals surface area contributed by atoms with Crippen molar-refractivity contribution in [3.63, 3.8) is 0 Å². The highest BCUT2D eigenvalue weighted by atomic mass is 16.3. The SMILES string of the molecule is Cc1ccc(C(O)C2CCC(C)CC2)c2ccccc12. The van der Waals surface area contributed by atoms with E-state index in [0.29, 0.717) is 5.92 Å². The number of fused-ring (bicyclic) bond motifs is 1. The van der Waals surface area contributed by atoms with Crippen molar-refractivity contribution in [1.82, 2.24) is 0 Å². The summed E-state index contributed by atoms with van der Waals surface area (Å²) >= 11 is 0. The van der Waals surface area contributed by atoms with E-state index in [9.17, 15) is 5.11 Å². The number of benzene rings is 2. The molecule has 2 aromatic carbocycles. The minimum Gasteiger partial charge on any atom is -0.388 e. The molecule has 2 aromatic rings. The minimum absolute atomic E-state index is 0.312. The molecule has 1 aliphatic rings. The molecule has 1 fully saturated rings. The smallest absolute Gasteiger partial charge is 0.0824 e. The first-order valence-electron chi connectivity index (χ1n) is 7.83. The summed E-state index contributed by atoms with van der Waals surface area (Å²) in [6.45, 7) is 4.46. The first kappa shape index (κ1) is 13.6. The fourth-order valence-corrected chi connectivity index (χ4v) is 3.59. The summed E-state index contributed by atoms with van der Waals surface area (Å²) in [4.78, 5) is 0. The molecule has 0 bridgehead atoms. The Bertz CT molecular complexity index is 594. The van der Waals surface area contributed by atoms with Gasteiger partial charge in [-0.15, -0.1) is 0 Å². The lowest BCUT2D eigenvalue weighted by Gasteiger charge is -2.30. The van der Waals surface area contributed by atoms with Crippen LogP contribution in [0.15, 0.2) is 36.4 Å². The van der Waals surface area contributed by atoms with E-state index in [1.54, 1.807) is 0 Å². The molecule has 1 aliphatic carbocycles. The first-order valence-corrected chi connectivity index (χ1v) is 7.83. The van der Waals surface area contributed by atoms with Crippen molar-refractivity contribution in [2.75, 3.05) is 0 Å². The molecule has 3 rings (SSSR count). The van der Waals surface area contributed by atoms with Crippen LogP contribution in [0.2, 0.25) is 0 Å². The fraction of sp³-hybridized carbons (Fsp3) is 0.474. The Balaban J connectivity index is 1.95. The van der Waals surface area contributed by atoms with Gasteiger partial charge in [0.15, 0.2) is 0 Å². The molecule has 0 radical (unpaired) electrons. The lowest BCUT2D eigenvalue weighted by atomic mass is 9.78. The Labute approximate surface area is 121 Å². The Morgan fingerprint density at radius 3 is 2.30 bits per heavy atom. The second-order valence-electron chi connectivity index (χ2n) is 6.48. The zero-order valence-electron chi connectivity index (χ0n) is 12.5. The van der Waals surface area contributed by atoms with Gasteiger partial charge < -0.3 is 5.11 Å². The van der Waals surface area contributed by atoms with E-state index in [1.165, 1.54) is 29.2 Å². The van der Waals surface area contributed by atoms with Crippen molar-refractivity contribution in [2.24, 2.45) is 11.8 Å². The molecule has 1 saturated carbocycles. The van der Waals surface area contributed by atoms with Crippen LogP contribution in [0.3, 0.4) is 0 Å². The molecule has 20 heavy (non-hydrogen) atoms. The van der Waals surface area contributed by atoms with E-state index in [0.717, 1.165) is 24.3 Å². The third kappa shape index (κ3) is 2.47. The van der Waals surface area contributed by atoms with Crippen molar-refractivity contribution in [3.8, 4) is 0 Å². The number of hydrogen-bond acceptors (Lipinski definition) is 1. The van der Waals surface area contributed by atoms with Crippen molar-refractivity contribution < 1.29 is 5.11 Å². The second-order valence-corrected chi connectivity index (χ2v) is 6.48. The maximum atomic E-state index is 10.8. The Kier molecular flexibility index (Phi) is 3.80. The molecule has 1 nitrogen and oxygen atoms in total. The highest BCUT2D eigenvalue weighted by Crippen LogP contribution is 2.39. The molecule has 1 atom stereocenters. The summed E-state index contributed by atoms with van der Waals surface area (Å²) in [6.07, 6.45) is 4.51. The van der Waals surface area contributed by atoms with Crippen molar-refractivity contribution in [2.45, 2.75) is 45.6 Å². The molecule has 0 aliphatic heterocycles. The van der Waals surface area contributed by atoms with Gasteiger partial charge in [0.1, 0.15) is 0 Å². The molecule has 0 aromatic heterocycles. The summed E-state index contributed by atoms with van der Waals surface area (Å²) in [5.41, 5.74) is 2.40. The van der Waals surface area contributed by atoms with Crippen LogP contribution in [-0.2, 0) is 0 Å². The molecular formula is C19H24O. The average molecular weight is 268 g/mol. The van der Waals surface area contributed by atoms with Crippen LogP contribution >= 0.6 is 0 Å². The van der Waals surface area contributed by atoms with Crippen molar-refractivity contribution in [1.29, 1.82) is 0 Å². The van der Waals surface area contributed by atoms with E-state index >= 15 is 0 Å². The number of hydrogen-bond donors (Lipinski definition) is 1. The average Bonchev–Trinajstić information content (AvgIpc) is 2.48. The third-order valence-corrected chi connectivity index (χ3v) is 5.00. The van der Waals surface area contributed by atoms with Gasteiger partial charge in [0.05, 0.1) is 6.10 Å². The zero-order chi connectivity index (χ0) is 14.1. The topological polar surface area (TPSA) is 20.2 Å². The van der Waals surface area contributed by atoms with Gasteiger partial charge in [-0.2, -0.15) is 0 Å². The van der Waals surface area contributed by atoms with E-state index in [-0.39, 0.29) is 6.10 Å². The summed E-state index contributed by atoms with van der Waals surface area (Å²) in [6, 6.07) is 12.7. The third-order valence-electron chi connectivity index (χ3n) is 5.00. The van der Waals surface area contributed by atoms with Crippen LogP contribution < -0.4 is 0 Å². The van der Waals surface area contributed by atoms with Gasteiger partial charge in [-0.3, -0.25) is 0 Å². The molecular weight excluding hydrogens is 244 g/mol. The molecule has 0 amide bonds. The van der Waals surface area contributed by atoms with Crippen LogP contribution in [0.25, 0.3) is 10.8 Å². The number of aliphatic hydroxyl groups is 1. The summed E-state index contributed by atoms with van der Waals surface area (Å²) < 4.78 is 0.